The van der Waals surface area contributed by atoms with Crippen molar-refractivity contribution < 1.29 is 18.0 Å². The summed E-state index contributed by atoms with van der Waals surface area (Å²) < 4.78 is 28.4. The topological polar surface area (TPSA) is 86.8 Å². The number of amides is 2. The van der Waals surface area contributed by atoms with Crippen molar-refractivity contribution in [3.05, 3.63) is 92.9 Å². The van der Waals surface area contributed by atoms with E-state index in [4.69, 9.17) is 34.8 Å². The van der Waals surface area contributed by atoms with Crippen LogP contribution in [0.3, 0.4) is 0 Å². The molecule has 0 aliphatic carbocycles. The number of sulfonamides is 1. The maximum absolute atomic E-state index is 13.7. The highest BCUT2D eigenvalue weighted by molar-refractivity contribution is 7.92. The third-order valence-electron chi connectivity index (χ3n) is 5.75. The van der Waals surface area contributed by atoms with E-state index in [0.29, 0.717) is 20.6 Å². The molecule has 1 unspecified atom stereocenters. The van der Waals surface area contributed by atoms with E-state index in [1.807, 2.05) is 6.92 Å². The summed E-state index contributed by atoms with van der Waals surface area (Å²) >= 11 is 18.5. The lowest BCUT2D eigenvalue weighted by Gasteiger charge is -2.32. The van der Waals surface area contributed by atoms with Gasteiger partial charge in [-0.3, -0.25) is 13.9 Å². The average molecular weight is 583 g/mol. The van der Waals surface area contributed by atoms with Gasteiger partial charge in [-0.05, 0) is 61.9 Å². The highest BCUT2D eigenvalue weighted by Gasteiger charge is 2.32. The van der Waals surface area contributed by atoms with Gasteiger partial charge < -0.3 is 10.2 Å². The Morgan fingerprint density at radius 2 is 1.59 bits per heavy atom. The Bertz CT molecular complexity index is 1400. The van der Waals surface area contributed by atoms with E-state index in [0.717, 1.165) is 9.87 Å². The van der Waals surface area contributed by atoms with Crippen molar-refractivity contribution in [1.82, 2.24) is 10.2 Å². The van der Waals surface area contributed by atoms with Crippen LogP contribution < -0.4 is 9.62 Å². The first-order valence-electron chi connectivity index (χ1n) is 11.2. The number of aryl methyl sites for hydroxylation is 1. The average Bonchev–Trinajstić information content (AvgIpc) is 2.86. The number of hydrogen-bond donors (Lipinski definition) is 1. The number of nitrogens with zero attached hydrogens (tertiary/aromatic N) is 2. The first-order chi connectivity index (χ1) is 17.4. The Morgan fingerprint density at radius 1 is 0.946 bits per heavy atom. The molecule has 3 aromatic rings. The molecule has 1 N–H and O–H groups in total. The van der Waals surface area contributed by atoms with Gasteiger partial charge >= 0.3 is 0 Å². The van der Waals surface area contributed by atoms with E-state index in [1.165, 1.54) is 36.2 Å². The molecule has 0 bridgehead atoms. The fourth-order valence-corrected chi connectivity index (χ4v) is 5.68. The molecule has 0 heterocycles. The standard InChI is InChI=1S/C26H26Cl3N3O4S/c1-17-7-11-23(12-8-17)37(35,36)32(22-6-4-5-20(27)13-22)16-25(33)31(18(2)26(34)30-3)15-19-9-10-21(28)14-24(19)29/h4-14,18H,15-16H2,1-3H3,(H,30,34). The smallest absolute Gasteiger partial charge is 0.264 e. The highest BCUT2D eigenvalue weighted by atomic mass is 35.5. The van der Waals surface area contributed by atoms with Gasteiger partial charge in [-0.15, -0.1) is 0 Å². The van der Waals surface area contributed by atoms with Gasteiger partial charge in [0.05, 0.1) is 10.6 Å². The molecule has 0 fully saturated rings. The number of likely N-dealkylation sites (N-methyl/N-ethyl adjacent to an activating group) is 1. The number of carbonyl (C=O) groups excluding carboxylic acids is 2. The van der Waals surface area contributed by atoms with Crippen LogP contribution in [0.15, 0.2) is 71.6 Å². The number of carbonyl (C=O) groups is 2. The summed E-state index contributed by atoms with van der Waals surface area (Å²) in [5.74, 6) is -1.04. The molecule has 0 spiro atoms. The summed E-state index contributed by atoms with van der Waals surface area (Å²) in [6.45, 7) is 2.77. The van der Waals surface area contributed by atoms with Crippen LogP contribution in [0.1, 0.15) is 18.1 Å². The normalized spacial score (nSPS) is 12.1. The molecule has 0 aliphatic rings. The van der Waals surface area contributed by atoms with E-state index in [2.05, 4.69) is 5.32 Å². The van der Waals surface area contributed by atoms with E-state index in [-0.39, 0.29) is 17.1 Å². The van der Waals surface area contributed by atoms with Crippen LogP contribution in [-0.4, -0.2) is 44.8 Å². The maximum Gasteiger partial charge on any atom is 0.264 e. The fraction of sp³-hybridized carbons (Fsp3) is 0.231. The Hall–Kier alpha value is -2.78. The predicted molar refractivity (Wildman–Crippen MR) is 148 cm³/mol. The molecule has 0 aromatic heterocycles. The first-order valence-corrected chi connectivity index (χ1v) is 13.8. The maximum atomic E-state index is 13.7. The van der Waals surface area contributed by atoms with E-state index in [9.17, 15) is 18.0 Å². The van der Waals surface area contributed by atoms with Gasteiger partial charge in [0.2, 0.25) is 11.8 Å². The van der Waals surface area contributed by atoms with E-state index >= 15 is 0 Å². The van der Waals surface area contributed by atoms with E-state index < -0.39 is 34.4 Å². The zero-order valence-electron chi connectivity index (χ0n) is 20.4. The molecule has 3 rings (SSSR count). The Morgan fingerprint density at radius 3 is 2.19 bits per heavy atom. The molecular formula is C26H26Cl3N3O4S. The quantitative estimate of drug-likeness (QED) is 0.370. The zero-order valence-corrected chi connectivity index (χ0v) is 23.5. The Kier molecular flexibility index (Phi) is 9.47. The van der Waals surface area contributed by atoms with E-state index in [1.54, 1.807) is 49.4 Å². The Balaban J connectivity index is 2.05. The van der Waals surface area contributed by atoms with Crippen LogP contribution in [0, 0.1) is 6.92 Å². The van der Waals surface area contributed by atoms with Crippen LogP contribution in [0.2, 0.25) is 15.1 Å². The second-order valence-corrected chi connectivity index (χ2v) is 11.5. The molecule has 196 valence electrons. The lowest BCUT2D eigenvalue weighted by atomic mass is 10.1. The van der Waals surface area contributed by atoms with Gasteiger partial charge in [-0.1, -0.05) is 64.6 Å². The molecule has 0 saturated carbocycles. The number of halogens is 3. The van der Waals surface area contributed by atoms with Gasteiger partial charge in [0.25, 0.3) is 10.0 Å². The molecule has 37 heavy (non-hydrogen) atoms. The van der Waals surface area contributed by atoms with Gasteiger partial charge in [0, 0.05) is 28.7 Å². The number of anilines is 1. The molecule has 0 aliphatic heterocycles. The summed E-state index contributed by atoms with van der Waals surface area (Å²) in [5, 5.41) is 3.56. The van der Waals surface area contributed by atoms with Crippen molar-refractivity contribution in [1.29, 1.82) is 0 Å². The van der Waals surface area contributed by atoms with Crippen molar-refractivity contribution in [2.75, 3.05) is 17.9 Å². The molecule has 7 nitrogen and oxygen atoms in total. The van der Waals surface area contributed by atoms with Crippen LogP contribution >= 0.6 is 34.8 Å². The predicted octanol–water partition coefficient (Wildman–Crippen LogP) is 5.31. The SMILES string of the molecule is CNC(=O)C(C)N(Cc1ccc(Cl)cc1Cl)C(=O)CN(c1cccc(Cl)c1)S(=O)(=O)c1ccc(C)cc1. The molecule has 0 saturated heterocycles. The van der Waals surface area contributed by atoms with Crippen molar-refractivity contribution >= 4 is 62.3 Å². The van der Waals surface area contributed by atoms with Crippen molar-refractivity contribution in [3.63, 3.8) is 0 Å². The van der Waals surface area contributed by atoms with Crippen LogP contribution in [0.4, 0.5) is 5.69 Å². The van der Waals surface area contributed by atoms with Crippen molar-refractivity contribution in [3.8, 4) is 0 Å². The molecule has 11 heteroatoms. The molecular weight excluding hydrogens is 557 g/mol. The minimum absolute atomic E-state index is 0.0116. The second-order valence-electron chi connectivity index (χ2n) is 8.35. The molecule has 0 radical (unpaired) electrons. The first kappa shape index (κ1) is 28.8. The third-order valence-corrected chi connectivity index (χ3v) is 8.36. The second kappa shape index (κ2) is 12.2. The van der Waals surface area contributed by atoms with Crippen LogP contribution in [0.5, 0.6) is 0 Å². The summed E-state index contributed by atoms with van der Waals surface area (Å²) in [6, 6.07) is 16.4. The van der Waals surface area contributed by atoms with Gasteiger partial charge in [0.15, 0.2) is 0 Å². The summed E-state index contributed by atoms with van der Waals surface area (Å²) in [7, 11) is -2.72. The number of hydrogen-bond acceptors (Lipinski definition) is 4. The monoisotopic (exact) mass is 581 g/mol. The van der Waals surface area contributed by atoms with Crippen LogP contribution in [0.25, 0.3) is 0 Å². The lowest BCUT2D eigenvalue weighted by Crippen LogP contribution is -2.50. The fourth-order valence-electron chi connectivity index (χ4n) is 3.62. The number of rotatable bonds is 9. The lowest BCUT2D eigenvalue weighted by molar-refractivity contribution is -0.139. The third kappa shape index (κ3) is 6.96. The Labute approximate surface area is 232 Å². The van der Waals surface area contributed by atoms with Gasteiger partial charge in [-0.25, -0.2) is 8.42 Å². The van der Waals surface area contributed by atoms with Gasteiger partial charge in [-0.2, -0.15) is 0 Å². The summed E-state index contributed by atoms with van der Waals surface area (Å²) in [6.07, 6.45) is 0. The number of nitrogens with one attached hydrogen (secondary N) is 1. The largest absolute Gasteiger partial charge is 0.357 e. The van der Waals surface area contributed by atoms with Gasteiger partial charge in [0.1, 0.15) is 12.6 Å². The summed E-state index contributed by atoms with van der Waals surface area (Å²) in [4.78, 5) is 27.5. The minimum Gasteiger partial charge on any atom is -0.357 e. The molecule has 3 aromatic carbocycles. The number of benzene rings is 3. The zero-order chi connectivity index (χ0) is 27.3. The molecule has 2 amide bonds. The van der Waals surface area contributed by atoms with Crippen molar-refractivity contribution in [2.24, 2.45) is 0 Å². The molecule has 1 atom stereocenters. The minimum atomic E-state index is -4.17. The van der Waals surface area contributed by atoms with Crippen molar-refractivity contribution in [2.45, 2.75) is 31.3 Å². The summed E-state index contributed by atoms with van der Waals surface area (Å²) in [5.41, 5.74) is 1.64. The highest BCUT2D eigenvalue weighted by Crippen LogP contribution is 2.28. The van der Waals surface area contributed by atoms with Crippen LogP contribution in [-0.2, 0) is 26.2 Å².